The standard InChI is InChI=1S/C23H25N3O2/c1-17-8-10-20(11-9-17)23(27)26-14-12-25(13-15-26)16-21-18(2)28-22(24-21)19-6-4-3-5-7-19/h3-11H,12-16H2,1-2H3. The van der Waals surface area contributed by atoms with E-state index in [1.165, 1.54) is 5.56 Å². The molecule has 144 valence electrons. The molecule has 1 aromatic heterocycles. The van der Waals surface area contributed by atoms with Gasteiger partial charge in [-0.1, -0.05) is 35.9 Å². The fraction of sp³-hybridized carbons (Fsp3) is 0.304. The number of hydrogen-bond donors (Lipinski definition) is 0. The predicted molar refractivity (Wildman–Crippen MR) is 109 cm³/mol. The molecule has 2 heterocycles. The van der Waals surface area contributed by atoms with Crippen molar-refractivity contribution < 1.29 is 9.21 Å². The average Bonchev–Trinajstić information content (AvgIpc) is 3.10. The fourth-order valence-corrected chi connectivity index (χ4v) is 3.48. The minimum atomic E-state index is 0.114. The second-order valence-corrected chi connectivity index (χ2v) is 7.32. The van der Waals surface area contributed by atoms with Crippen molar-refractivity contribution in [2.24, 2.45) is 0 Å². The fourth-order valence-electron chi connectivity index (χ4n) is 3.48. The van der Waals surface area contributed by atoms with E-state index in [1.807, 2.05) is 73.3 Å². The molecule has 0 N–H and O–H groups in total. The van der Waals surface area contributed by atoms with Gasteiger partial charge in [0.15, 0.2) is 0 Å². The highest BCUT2D eigenvalue weighted by atomic mass is 16.4. The number of oxazole rings is 1. The van der Waals surface area contributed by atoms with Gasteiger partial charge in [-0.3, -0.25) is 9.69 Å². The van der Waals surface area contributed by atoms with Gasteiger partial charge < -0.3 is 9.32 Å². The highest BCUT2D eigenvalue weighted by molar-refractivity contribution is 5.94. The number of aromatic nitrogens is 1. The number of carbonyl (C=O) groups excluding carboxylic acids is 1. The van der Waals surface area contributed by atoms with E-state index in [-0.39, 0.29) is 5.91 Å². The summed E-state index contributed by atoms with van der Waals surface area (Å²) in [6, 6.07) is 17.8. The smallest absolute Gasteiger partial charge is 0.253 e. The van der Waals surface area contributed by atoms with Crippen LogP contribution in [0.15, 0.2) is 59.0 Å². The molecule has 1 saturated heterocycles. The van der Waals surface area contributed by atoms with Gasteiger partial charge in [0.2, 0.25) is 5.89 Å². The molecule has 1 aliphatic rings. The SMILES string of the molecule is Cc1ccc(C(=O)N2CCN(Cc3nc(-c4ccccc4)oc3C)CC2)cc1. The molecule has 4 rings (SSSR count). The Morgan fingerprint density at radius 3 is 2.32 bits per heavy atom. The summed E-state index contributed by atoms with van der Waals surface area (Å²) < 4.78 is 5.87. The maximum atomic E-state index is 12.7. The number of carbonyl (C=O) groups is 1. The third-order valence-electron chi connectivity index (χ3n) is 5.24. The van der Waals surface area contributed by atoms with E-state index in [0.717, 1.165) is 55.3 Å². The molecule has 5 heteroatoms. The Morgan fingerprint density at radius 1 is 0.964 bits per heavy atom. The number of amides is 1. The molecule has 1 amide bonds. The van der Waals surface area contributed by atoms with Gasteiger partial charge in [0.05, 0.1) is 5.69 Å². The molecule has 28 heavy (non-hydrogen) atoms. The lowest BCUT2D eigenvalue weighted by Gasteiger charge is -2.34. The first-order chi connectivity index (χ1) is 13.6. The van der Waals surface area contributed by atoms with Crippen molar-refractivity contribution in [1.82, 2.24) is 14.8 Å². The maximum absolute atomic E-state index is 12.7. The van der Waals surface area contributed by atoms with Crippen LogP contribution in [0.25, 0.3) is 11.5 Å². The zero-order chi connectivity index (χ0) is 19.5. The van der Waals surface area contributed by atoms with Crippen molar-refractivity contribution in [1.29, 1.82) is 0 Å². The van der Waals surface area contributed by atoms with Gasteiger partial charge in [-0.25, -0.2) is 4.98 Å². The third kappa shape index (κ3) is 3.99. The van der Waals surface area contributed by atoms with Crippen molar-refractivity contribution in [3.8, 4) is 11.5 Å². The number of rotatable bonds is 4. The van der Waals surface area contributed by atoms with Crippen LogP contribution in [-0.4, -0.2) is 46.9 Å². The van der Waals surface area contributed by atoms with E-state index in [0.29, 0.717) is 5.89 Å². The van der Waals surface area contributed by atoms with Crippen LogP contribution in [-0.2, 0) is 6.54 Å². The summed E-state index contributed by atoms with van der Waals surface area (Å²) in [5, 5.41) is 0. The molecule has 0 spiro atoms. The minimum absolute atomic E-state index is 0.114. The molecule has 1 fully saturated rings. The van der Waals surface area contributed by atoms with Gasteiger partial charge in [-0.2, -0.15) is 0 Å². The van der Waals surface area contributed by atoms with Gasteiger partial charge in [0, 0.05) is 43.9 Å². The summed E-state index contributed by atoms with van der Waals surface area (Å²) in [4.78, 5) is 21.6. The van der Waals surface area contributed by atoms with Crippen molar-refractivity contribution in [2.75, 3.05) is 26.2 Å². The minimum Gasteiger partial charge on any atom is -0.441 e. The Kier molecular flexibility index (Phi) is 5.26. The van der Waals surface area contributed by atoms with Crippen molar-refractivity contribution >= 4 is 5.91 Å². The highest BCUT2D eigenvalue weighted by Crippen LogP contribution is 2.22. The molecule has 0 unspecified atom stereocenters. The van der Waals surface area contributed by atoms with Crippen LogP contribution in [0, 0.1) is 13.8 Å². The van der Waals surface area contributed by atoms with E-state index in [9.17, 15) is 4.79 Å². The lowest BCUT2D eigenvalue weighted by atomic mass is 10.1. The van der Waals surface area contributed by atoms with Crippen LogP contribution < -0.4 is 0 Å². The van der Waals surface area contributed by atoms with Crippen LogP contribution in [0.4, 0.5) is 0 Å². The highest BCUT2D eigenvalue weighted by Gasteiger charge is 2.23. The summed E-state index contributed by atoms with van der Waals surface area (Å²) in [6.45, 7) is 7.88. The molecule has 0 bridgehead atoms. The van der Waals surface area contributed by atoms with Gasteiger partial charge in [-0.15, -0.1) is 0 Å². The lowest BCUT2D eigenvalue weighted by molar-refractivity contribution is 0.0626. The Morgan fingerprint density at radius 2 is 1.64 bits per heavy atom. The lowest BCUT2D eigenvalue weighted by Crippen LogP contribution is -2.48. The monoisotopic (exact) mass is 375 g/mol. The van der Waals surface area contributed by atoms with E-state index in [4.69, 9.17) is 9.40 Å². The second-order valence-electron chi connectivity index (χ2n) is 7.32. The third-order valence-corrected chi connectivity index (χ3v) is 5.24. The van der Waals surface area contributed by atoms with Crippen LogP contribution >= 0.6 is 0 Å². The number of nitrogens with zero attached hydrogens (tertiary/aromatic N) is 3. The van der Waals surface area contributed by atoms with Crippen LogP contribution in [0.5, 0.6) is 0 Å². The number of benzene rings is 2. The largest absolute Gasteiger partial charge is 0.441 e. The molecule has 0 aliphatic carbocycles. The molecule has 3 aromatic rings. The van der Waals surface area contributed by atoms with Gasteiger partial charge >= 0.3 is 0 Å². The zero-order valence-corrected chi connectivity index (χ0v) is 16.4. The van der Waals surface area contributed by atoms with Crippen LogP contribution in [0.2, 0.25) is 0 Å². The molecule has 2 aromatic carbocycles. The Hall–Kier alpha value is -2.92. The summed E-state index contributed by atoms with van der Waals surface area (Å²) in [5.41, 5.74) is 3.89. The number of hydrogen-bond acceptors (Lipinski definition) is 4. The first kappa shape index (κ1) is 18.4. The molecular weight excluding hydrogens is 350 g/mol. The Labute approximate surface area is 165 Å². The molecule has 0 atom stereocenters. The number of aryl methyl sites for hydroxylation is 2. The maximum Gasteiger partial charge on any atom is 0.253 e. The zero-order valence-electron chi connectivity index (χ0n) is 16.4. The van der Waals surface area contributed by atoms with Gasteiger partial charge in [0.1, 0.15) is 5.76 Å². The predicted octanol–water partition coefficient (Wildman–Crippen LogP) is 3.92. The van der Waals surface area contributed by atoms with E-state index < -0.39 is 0 Å². The number of piperazine rings is 1. The van der Waals surface area contributed by atoms with Crippen molar-refractivity contribution in [3.63, 3.8) is 0 Å². The van der Waals surface area contributed by atoms with Crippen LogP contribution in [0.3, 0.4) is 0 Å². The molecule has 1 aliphatic heterocycles. The Balaban J connectivity index is 1.36. The topological polar surface area (TPSA) is 49.6 Å². The average molecular weight is 375 g/mol. The molecular formula is C23H25N3O2. The molecule has 0 saturated carbocycles. The van der Waals surface area contributed by atoms with Crippen molar-refractivity contribution in [3.05, 3.63) is 77.2 Å². The first-order valence-corrected chi connectivity index (χ1v) is 9.70. The normalized spacial score (nSPS) is 15.0. The van der Waals surface area contributed by atoms with E-state index in [2.05, 4.69) is 4.90 Å². The summed E-state index contributed by atoms with van der Waals surface area (Å²) in [7, 11) is 0. The van der Waals surface area contributed by atoms with Gasteiger partial charge in [0.25, 0.3) is 5.91 Å². The summed E-state index contributed by atoms with van der Waals surface area (Å²) in [6.07, 6.45) is 0. The molecule has 0 radical (unpaired) electrons. The van der Waals surface area contributed by atoms with Crippen LogP contribution in [0.1, 0.15) is 27.4 Å². The van der Waals surface area contributed by atoms with Gasteiger partial charge in [-0.05, 0) is 38.1 Å². The van der Waals surface area contributed by atoms with E-state index in [1.54, 1.807) is 0 Å². The quantitative estimate of drug-likeness (QED) is 0.694. The second kappa shape index (κ2) is 7.98. The van der Waals surface area contributed by atoms with Crippen molar-refractivity contribution in [2.45, 2.75) is 20.4 Å². The first-order valence-electron chi connectivity index (χ1n) is 9.70. The Bertz CT molecular complexity index is 940. The summed E-state index contributed by atoms with van der Waals surface area (Å²) >= 11 is 0. The summed E-state index contributed by atoms with van der Waals surface area (Å²) in [5.74, 6) is 1.64. The molecule has 5 nitrogen and oxygen atoms in total. The van der Waals surface area contributed by atoms with E-state index >= 15 is 0 Å².